The zero-order valence-corrected chi connectivity index (χ0v) is 25.0. The van der Waals surface area contributed by atoms with Gasteiger partial charge in [-0.1, -0.05) is 53.9 Å². The van der Waals surface area contributed by atoms with Crippen molar-refractivity contribution in [2.24, 2.45) is 52.3 Å². The van der Waals surface area contributed by atoms with Crippen LogP contribution in [0.15, 0.2) is 0 Å². The van der Waals surface area contributed by atoms with Crippen LogP contribution in [0.2, 0.25) is 0 Å². The second-order valence-electron chi connectivity index (χ2n) is 13.7. The van der Waals surface area contributed by atoms with Gasteiger partial charge >= 0.3 is 20.8 Å². The number of hydrogen-bond acceptors (Lipinski definition) is 7. The van der Waals surface area contributed by atoms with Crippen molar-refractivity contribution in [1.29, 1.82) is 0 Å². The standard InChI is InChI=1S/C27H46O9S2/c1-16(2)7-6-8-17(3)19-9-10-20-18-13-23(28)22-14-24(35-37(29,30)31)25(36-38(32,33)34)15-27(22,5)21(18)11-12-26(19,20)4/h16-22,24-25H,6-15H2,1-5H3,(H,29,30,31)(H,32,33,34)/t17?,18?,19-,20?,21?,22-,24+,25+,26-,27-/m1/s1. The van der Waals surface area contributed by atoms with E-state index in [0.717, 1.165) is 19.3 Å². The van der Waals surface area contributed by atoms with Gasteiger partial charge in [0.2, 0.25) is 0 Å². The van der Waals surface area contributed by atoms with Crippen LogP contribution in [0, 0.1) is 52.3 Å². The molecule has 4 rings (SSSR count). The van der Waals surface area contributed by atoms with Gasteiger partial charge in [0.05, 0.1) is 0 Å². The first-order chi connectivity index (χ1) is 17.4. The molecule has 10 atom stereocenters. The zero-order chi connectivity index (χ0) is 28.3. The van der Waals surface area contributed by atoms with Gasteiger partial charge in [-0.05, 0) is 84.9 Å². The molecule has 4 fully saturated rings. The minimum Gasteiger partial charge on any atom is -0.299 e. The lowest BCUT2D eigenvalue weighted by Crippen LogP contribution is -2.60. The number of carbonyl (C=O) groups excluding carboxylic acids is 1. The molecule has 4 aliphatic carbocycles. The summed E-state index contributed by atoms with van der Waals surface area (Å²) < 4.78 is 74.6. The van der Waals surface area contributed by atoms with Gasteiger partial charge in [0.1, 0.15) is 18.0 Å². The topological polar surface area (TPSA) is 144 Å². The summed E-state index contributed by atoms with van der Waals surface area (Å²) in [5.41, 5.74) is -0.464. The van der Waals surface area contributed by atoms with E-state index in [0.29, 0.717) is 30.1 Å². The molecule has 0 aliphatic heterocycles. The minimum absolute atomic E-state index is 0.0423. The number of ketones is 1. The van der Waals surface area contributed by atoms with Crippen LogP contribution in [-0.4, -0.2) is 43.9 Å². The van der Waals surface area contributed by atoms with Crippen molar-refractivity contribution in [1.82, 2.24) is 0 Å². The Morgan fingerprint density at radius 1 is 0.895 bits per heavy atom. The number of hydrogen-bond donors (Lipinski definition) is 2. The van der Waals surface area contributed by atoms with Crippen LogP contribution in [0.4, 0.5) is 0 Å². The van der Waals surface area contributed by atoms with Crippen LogP contribution >= 0.6 is 0 Å². The van der Waals surface area contributed by atoms with Crippen molar-refractivity contribution in [3.63, 3.8) is 0 Å². The predicted molar refractivity (Wildman–Crippen MR) is 142 cm³/mol. The van der Waals surface area contributed by atoms with E-state index >= 15 is 0 Å². The molecule has 0 aromatic rings. The van der Waals surface area contributed by atoms with Gasteiger partial charge in [-0.2, -0.15) is 16.8 Å². The molecule has 4 aliphatic rings. The van der Waals surface area contributed by atoms with Crippen LogP contribution in [0.1, 0.15) is 98.8 Å². The van der Waals surface area contributed by atoms with Crippen LogP contribution in [0.5, 0.6) is 0 Å². The average Bonchev–Trinajstić information content (AvgIpc) is 3.10. The third-order valence-corrected chi connectivity index (χ3v) is 12.1. The first-order valence-electron chi connectivity index (χ1n) is 14.3. The summed E-state index contributed by atoms with van der Waals surface area (Å²) in [6, 6.07) is 0. The van der Waals surface area contributed by atoms with Gasteiger partial charge in [-0.25, -0.2) is 8.37 Å². The SMILES string of the molecule is CC(C)CCCC(C)[C@H]1CCC2C3CC(=O)[C@H]4C[C@H](OS(=O)(=O)O)[C@@H](OS(=O)(=O)O)C[C@]4(C)C3CC[C@@]21C. The lowest BCUT2D eigenvalue weighted by Gasteiger charge is -2.61. The third kappa shape index (κ3) is 6.03. The Hall–Kier alpha value is -0.590. The maximum atomic E-state index is 13.6. The smallest absolute Gasteiger partial charge is 0.299 e. The Balaban J connectivity index is 1.58. The van der Waals surface area contributed by atoms with Crippen LogP contribution < -0.4 is 0 Å². The number of fused-ring (bicyclic) bond motifs is 5. The zero-order valence-electron chi connectivity index (χ0n) is 23.3. The summed E-state index contributed by atoms with van der Waals surface area (Å²) >= 11 is 0. The molecule has 220 valence electrons. The summed E-state index contributed by atoms with van der Waals surface area (Å²) in [7, 11) is -9.84. The first-order valence-corrected chi connectivity index (χ1v) is 17.0. The normalized spacial score (nSPS) is 42.4. The van der Waals surface area contributed by atoms with Crippen LogP contribution in [0.3, 0.4) is 0 Å². The van der Waals surface area contributed by atoms with E-state index < -0.39 is 44.3 Å². The van der Waals surface area contributed by atoms with E-state index in [2.05, 4.69) is 27.7 Å². The molecule has 9 nitrogen and oxygen atoms in total. The largest absolute Gasteiger partial charge is 0.397 e. The van der Waals surface area contributed by atoms with Crippen molar-refractivity contribution in [2.75, 3.05) is 0 Å². The van der Waals surface area contributed by atoms with E-state index in [9.17, 15) is 30.7 Å². The fraction of sp³-hybridized carbons (Fsp3) is 0.963. The van der Waals surface area contributed by atoms with Gasteiger partial charge in [-0.3, -0.25) is 13.9 Å². The molecule has 4 saturated carbocycles. The summed E-state index contributed by atoms with van der Waals surface area (Å²) in [5, 5.41) is 0. The number of rotatable bonds is 9. The Morgan fingerprint density at radius 2 is 1.50 bits per heavy atom. The van der Waals surface area contributed by atoms with Crippen LogP contribution in [0.25, 0.3) is 0 Å². The molecule has 0 spiro atoms. The van der Waals surface area contributed by atoms with Gasteiger partial charge < -0.3 is 0 Å². The van der Waals surface area contributed by atoms with Gasteiger partial charge in [0.25, 0.3) is 0 Å². The Morgan fingerprint density at radius 3 is 2.11 bits per heavy atom. The molecule has 0 saturated heterocycles. The lowest BCUT2D eigenvalue weighted by atomic mass is 9.44. The summed E-state index contributed by atoms with van der Waals surface area (Å²) in [6.45, 7) is 11.3. The average molecular weight is 579 g/mol. The van der Waals surface area contributed by atoms with Gasteiger partial charge in [-0.15, -0.1) is 0 Å². The van der Waals surface area contributed by atoms with E-state index in [-0.39, 0.29) is 35.9 Å². The highest BCUT2D eigenvalue weighted by Crippen LogP contribution is 2.68. The Labute approximate surface area is 228 Å². The van der Waals surface area contributed by atoms with Crippen LogP contribution in [-0.2, 0) is 34.0 Å². The molecule has 0 radical (unpaired) electrons. The molecule has 2 N–H and O–H groups in total. The maximum absolute atomic E-state index is 13.6. The minimum atomic E-state index is -4.92. The van der Waals surface area contributed by atoms with Crippen molar-refractivity contribution >= 4 is 26.6 Å². The van der Waals surface area contributed by atoms with E-state index in [1.807, 2.05) is 6.92 Å². The molecular weight excluding hydrogens is 532 g/mol. The monoisotopic (exact) mass is 578 g/mol. The molecule has 11 heteroatoms. The molecule has 4 unspecified atom stereocenters. The Bertz CT molecular complexity index is 1100. The number of carbonyl (C=O) groups is 1. The Kier molecular flexibility index (Phi) is 8.53. The molecule has 0 aromatic carbocycles. The first kappa shape index (κ1) is 30.4. The molecule has 0 amide bonds. The van der Waals surface area contributed by atoms with Gasteiger partial charge in [0, 0.05) is 12.3 Å². The van der Waals surface area contributed by atoms with Crippen molar-refractivity contribution in [3.05, 3.63) is 0 Å². The number of Topliss-reactive ketones (excluding diaryl/α,β-unsaturated/α-hetero) is 1. The highest BCUT2D eigenvalue weighted by molar-refractivity contribution is 7.81. The van der Waals surface area contributed by atoms with Crippen molar-refractivity contribution in [3.8, 4) is 0 Å². The second kappa shape index (κ2) is 10.7. The molecule has 0 heterocycles. The van der Waals surface area contributed by atoms with E-state index in [1.54, 1.807) is 0 Å². The molecule has 0 bridgehead atoms. The fourth-order valence-electron chi connectivity index (χ4n) is 9.57. The quantitative estimate of drug-likeness (QED) is 0.349. The third-order valence-electron chi connectivity index (χ3n) is 11.1. The summed E-state index contributed by atoms with van der Waals surface area (Å²) in [4.78, 5) is 13.6. The van der Waals surface area contributed by atoms with Crippen molar-refractivity contribution < 1.29 is 39.1 Å². The highest BCUT2D eigenvalue weighted by atomic mass is 32.3. The van der Waals surface area contributed by atoms with E-state index in [1.165, 1.54) is 25.7 Å². The second-order valence-corrected chi connectivity index (χ2v) is 15.8. The fourth-order valence-corrected chi connectivity index (χ4v) is 10.6. The summed E-state index contributed by atoms with van der Waals surface area (Å²) in [5.74, 6) is 2.21. The predicted octanol–water partition coefficient (Wildman–Crippen LogP) is 5.27. The maximum Gasteiger partial charge on any atom is 0.397 e. The molecular formula is C27H46O9S2. The van der Waals surface area contributed by atoms with Gasteiger partial charge in [0.15, 0.2) is 0 Å². The van der Waals surface area contributed by atoms with E-state index in [4.69, 9.17) is 8.37 Å². The summed E-state index contributed by atoms with van der Waals surface area (Å²) in [6.07, 6.45) is 5.59. The lowest BCUT2D eigenvalue weighted by molar-refractivity contribution is -0.169. The van der Waals surface area contributed by atoms with Crippen molar-refractivity contribution in [2.45, 2.75) is 111 Å². The molecule has 38 heavy (non-hydrogen) atoms. The molecule has 0 aromatic heterocycles. The highest BCUT2D eigenvalue weighted by Gasteiger charge is 2.64.